The summed E-state index contributed by atoms with van der Waals surface area (Å²) >= 11 is 6.05. The van der Waals surface area contributed by atoms with Crippen molar-refractivity contribution >= 4 is 22.5 Å². The maximum atomic E-state index is 13.7. The van der Waals surface area contributed by atoms with Crippen molar-refractivity contribution in [2.45, 2.75) is 58.0 Å². The molecular formula is C26H30ClN3O. The quantitative estimate of drug-likeness (QED) is 0.514. The topological polar surface area (TPSA) is 38.1 Å². The van der Waals surface area contributed by atoms with Gasteiger partial charge in [0, 0.05) is 30.1 Å². The number of hydrogen-bond acceptors (Lipinski definition) is 3. The highest BCUT2D eigenvalue weighted by molar-refractivity contribution is 6.30. The Morgan fingerprint density at radius 2 is 1.81 bits per heavy atom. The minimum absolute atomic E-state index is 0.115. The van der Waals surface area contributed by atoms with Gasteiger partial charge in [0.2, 0.25) is 0 Å². The number of rotatable bonds is 5. The van der Waals surface area contributed by atoms with Crippen LogP contribution in [0.15, 0.2) is 47.3 Å². The van der Waals surface area contributed by atoms with E-state index in [0.29, 0.717) is 28.3 Å². The lowest BCUT2D eigenvalue weighted by molar-refractivity contribution is 0.129. The number of nitrogens with zero attached hydrogens (tertiary/aromatic N) is 3. The SMILES string of the molecule is CC(C)N1CCCC(Cn2c(C3CC3)nc3ccc(-c4ccc(Cl)cc4)cc3c2=O)C1. The highest BCUT2D eigenvalue weighted by atomic mass is 35.5. The summed E-state index contributed by atoms with van der Waals surface area (Å²) < 4.78 is 2.01. The Balaban J connectivity index is 1.54. The Morgan fingerprint density at radius 1 is 1.06 bits per heavy atom. The highest BCUT2D eigenvalue weighted by Crippen LogP contribution is 2.39. The normalized spacial score (nSPS) is 19.9. The second kappa shape index (κ2) is 8.40. The number of piperidine rings is 1. The molecule has 1 aliphatic heterocycles. The second-order valence-electron chi connectivity index (χ2n) is 9.50. The fourth-order valence-corrected chi connectivity index (χ4v) is 4.99. The summed E-state index contributed by atoms with van der Waals surface area (Å²) in [7, 11) is 0. The van der Waals surface area contributed by atoms with Crippen molar-refractivity contribution in [2.75, 3.05) is 13.1 Å². The van der Waals surface area contributed by atoms with Crippen molar-refractivity contribution in [3.8, 4) is 11.1 Å². The highest BCUT2D eigenvalue weighted by Gasteiger charge is 2.31. The Kier molecular flexibility index (Phi) is 5.61. The van der Waals surface area contributed by atoms with Gasteiger partial charge in [0.15, 0.2) is 0 Å². The minimum atomic E-state index is 0.115. The molecule has 31 heavy (non-hydrogen) atoms. The molecular weight excluding hydrogens is 406 g/mol. The number of benzene rings is 2. The molecule has 1 unspecified atom stereocenters. The standard InChI is InChI=1S/C26H30ClN3O/c1-17(2)29-13-3-4-18(15-29)16-30-25(20-5-6-20)28-24-12-9-21(14-23(24)26(30)31)19-7-10-22(27)11-8-19/h7-12,14,17-18,20H,3-6,13,15-16H2,1-2H3. The van der Waals surface area contributed by atoms with E-state index in [-0.39, 0.29) is 5.56 Å². The first kappa shape index (κ1) is 20.7. The van der Waals surface area contributed by atoms with E-state index in [1.54, 1.807) is 0 Å². The monoisotopic (exact) mass is 435 g/mol. The Hall–Kier alpha value is -2.17. The molecule has 1 atom stereocenters. The Labute approximate surface area is 188 Å². The molecule has 2 fully saturated rings. The number of likely N-dealkylation sites (tertiary alicyclic amines) is 1. The molecule has 1 saturated heterocycles. The van der Waals surface area contributed by atoms with E-state index in [1.165, 1.54) is 19.4 Å². The third-order valence-electron chi connectivity index (χ3n) is 6.83. The fourth-order valence-electron chi connectivity index (χ4n) is 4.86. The lowest BCUT2D eigenvalue weighted by Crippen LogP contribution is -2.42. The van der Waals surface area contributed by atoms with E-state index in [9.17, 15) is 4.79 Å². The number of halogens is 1. The van der Waals surface area contributed by atoms with Crippen molar-refractivity contribution in [3.63, 3.8) is 0 Å². The van der Waals surface area contributed by atoms with Gasteiger partial charge in [0.25, 0.3) is 5.56 Å². The molecule has 2 heterocycles. The molecule has 0 spiro atoms. The lowest BCUT2D eigenvalue weighted by atomic mass is 9.96. The van der Waals surface area contributed by atoms with E-state index in [4.69, 9.17) is 16.6 Å². The molecule has 4 nitrogen and oxygen atoms in total. The maximum Gasteiger partial charge on any atom is 0.261 e. The van der Waals surface area contributed by atoms with Crippen LogP contribution in [0.2, 0.25) is 5.02 Å². The fraction of sp³-hybridized carbons (Fsp3) is 0.462. The van der Waals surface area contributed by atoms with Gasteiger partial charge in [-0.05, 0) is 87.4 Å². The summed E-state index contributed by atoms with van der Waals surface area (Å²) in [6.45, 7) is 7.54. The van der Waals surface area contributed by atoms with Gasteiger partial charge in [-0.2, -0.15) is 0 Å². The molecule has 0 bridgehead atoms. The average Bonchev–Trinajstić information content (AvgIpc) is 3.61. The van der Waals surface area contributed by atoms with Gasteiger partial charge in [-0.25, -0.2) is 4.98 Å². The van der Waals surface area contributed by atoms with E-state index >= 15 is 0 Å². The van der Waals surface area contributed by atoms with E-state index in [2.05, 4.69) is 24.8 Å². The summed E-state index contributed by atoms with van der Waals surface area (Å²) in [4.78, 5) is 21.2. The van der Waals surface area contributed by atoms with Crippen LogP contribution in [-0.4, -0.2) is 33.6 Å². The molecule has 5 heteroatoms. The predicted octanol–water partition coefficient (Wildman–Crippen LogP) is 5.71. The van der Waals surface area contributed by atoms with Gasteiger partial charge in [0.05, 0.1) is 10.9 Å². The number of aromatic nitrogens is 2. The summed E-state index contributed by atoms with van der Waals surface area (Å²) in [5.41, 5.74) is 3.01. The molecule has 3 aromatic rings. The first-order chi connectivity index (χ1) is 15.0. The van der Waals surface area contributed by atoms with E-state index in [1.807, 2.05) is 41.0 Å². The maximum absolute atomic E-state index is 13.7. The van der Waals surface area contributed by atoms with Crippen molar-refractivity contribution in [1.82, 2.24) is 14.5 Å². The van der Waals surface area contributed by atoms with Crippen LogP contribution >= 0.6 is 11.6 Å². The number of fused-ring (bicyclic) bond motifs is 1. The molecule has 0 N–H and O–H groups in total. The number of hydrogen-bond donors (Lipinski definition) is 0. The average molecular weight is 436 g/mol. The van der Waals surface area contributed by atoms with Crippen LogP contribution in [-0.2, 0) is 6.54 Å². The van der Waals surface area contributed by atoms with Gasteiger partial charge in [-0.3, -0.25) is 9.36 Å². The molecule has 1 aromatic heterocycles. The van der Waals surface area contributed by atoms with Crippen LogP contribution in [0, 0.1) is 5.92 Å². The lowest BCUT2D eigenvalue weighted by Gasteiger charge is -2.35. The zero-order valence-electron chi connectivity index (χ0n) is 18.4. The largest absolute Gasteiger partial charge is 0.301 e. The third-order valence-corrected chi connectivity index (χ3v) is 7.08. The van der Waals surface area contributed by atoms with Crippen molar-refractivity contribution in [3.05, 3.63) is 63.7 Å². The molecule has 1 aliphatic carbocycles. The van der Waals surface area contributed by atoms with Crippen LogP contribution in [0.1, 0.15) is 51.3 Å². The zero-order chi connectivity index (χ0) is 21.5. The minimum Gasteiger partial charge on any atom is -0.301 e. The van der Waals surface area contributed by atoms with Gasteiger partial charge in [-0.15, -0.1) is 0 Å². The molecule has 2 aliphatic rings. The molecule has 1 saturated carbocycles. The van der Waals surface area contributed by atoms with Crippen LogP contribution in [0.25, 0.3) is 22.0 Å². The van der Waals surface area contributed by atoms with Gasteiger partial charge >= 0.3 is 0 Å². The van der Waals surface area contributed by atoms with Crippen molar-refractivity contribution in [1.29, 1.82) is 0 Å². The summed E-state index contributed by atoms with van der Waals surface area (Å²) in [5.74, 6) is 1.95. The Morgan fingerprint density at radius 3 is 2.52 bits per heavy atom. The van der Waals surface area contributed by atoms with Gasteiger partial charge in [-0.1, -0.05) is 29.8 Å². The molecule has 0 amide bonds. The molecule has 5 rings (SSSR count). The second-order valence-corrected chi connectivity index (χ2v) is 9.93. The predicted molar refractivity (Wildman–Crippen MR) is 128 cm³/mol. The van der Waals surface area contributed by atoms with Gasteiger partial charge < -0.3 is 4.90 Å². The zero-order valence-corrected chi connectivity index (χ0v) is 19.1. The summed E-state index contributed by atoms with van der Waals surface area (Å²) in [6, 6.07) is 14.4. The Bertz CT molecular complexity index is 1150. The molecule has 0 radical (unpaired) electrons. The van der Waals surface area contributed by atoms with Crippen LogP contribution < -0.4 is 5.56 Å². The summed E-state index contributed by atoms with van der Waals surface area (Å²) in [6.07, 6.45) is 4.67. The summed E-state index contributed by atoms with van der Waals surface area (Å²) in [5, 5.41) is 1.43. The van der Waals surface area contributed by atoms with Crippen molar-refractivity contribution in [2.24, 2.45) is 5.92 Å². The van der Waals surface area contributed by atoms with Gasteiger partial charge in [0.1, 0.15) is 5.82 Å². The van der Waals surface area contributed by atoms with E-state index < -0.39 is 0 Å². The van der Waals surface area contributed by atoms with E-state index in [0.717, 1.165) is 48.4 Å². The molecule has 162 valence electrons. The molecule has 2 aromatic carbocycles. The third kappa shape index (κ3) is 4.28. The first-order valence-electron chi connectivity index (χ1n) is 11.5. The van der Waals surface area contributed by atoms with Crippen molar-refractivity contribution < 1.29 is 0 Å². The van der Waals surface area contributed by atoms with Crippen LogP contribution in [0.3, 0.4) is 0 Å². The smallest absolute Gasteiger partial charge is 0.261 e. The van der Waals surface area contributed by atoms with Crippen LogP contribution in [0.5, 0.6) is 0 Å². The van der Waals surface area contributed by atoms with Crippen LogP contribution in [0.4, 0.5) is 0 Å². The first-order valence-corrected chi connectivity index (χ1v) is 11.9.